The summed E-state index contributed by atoms with van der Waals surface area (Å²) < 4.78 is 89.0. The third kappa shape index (κ3) is 3.96. The highest BCUT2D eigenvalue weighted by Crippen LogP contribution is 2.43. The molecule has 2 saturated heterocycles. The van der Waals surface area contributed by atoms with Gasteiger partial charge in [-0.25, -0.2) is 31.0 Å². The SMILES string of the molecule is O=S(=O)(NC1(C(F)F)CC1)c1cc(N2CCC3(CC2)COC3)n2cnc(-c3nnc(C(F)F)s3)c2c1. The van der Waals surface area contributed by atoms with Gasteiger partial charge in [0, 0.05) is 18.5 Å². The van der Waals surface area contributed by atoms with Crippen LogP contribution in [0.3, 0.4) is 0 Å². The Labute approximate surface area is 207 Å². The maximum absolute atomic E-state index is 13.5. The number of imidazole rings is 1. The summed E-state index contributed by atoms with van der Waals surface area (Å²) in [5.74, 6) is 0.516. The lowest BCUT2D eigenvalue weighted by atomic mass is 9.77. The van der Waals surface area contributed by atoms with Crippen LogP contribution in [0.15, 0.2) is 23.4 Å². The first-order valence-electron chi connectivity index (χ1n) is 11.4. The molecule has 3 fully saturated rings. The molecule has 3 aromatic rings. The Hall–Kier alpha value is -2.36. The highest BCUT2D eigenvalue weighted by atomic mass is 32.2. The van der Waals surface area contributed by atoms with Gasteiger partial charge in [0.1, 0.15) is 17.8 Å². The van der Waals surface area contributed by atoms with Crippen molar-refractivity contribution in [1.82, 2.24) is 24.3 Å². The fraction of sp³-hybridized carbons (Fsp3) is 0.571. The second kappa shape index (κ2) is 8.33. The molecule has 15 heteroatoms. The van der Waals surface area contributed by atoms with Crippen LogP contribution in [0.2, 0.25) is 0 Å². The molecule has 0 aromatic carbocycles. The standard InChI is InChI=1S/C21H22F4N6O3S2/c22-16(23)18-28-27-17(35-18)15-13-7-12(36(32,33)29-21(1-2-21)19(24)25)8-14(31(13)11-26-15)30-5-3-20(4-6-30)9-34-10-20/h7-8,11,16,19,29H,1-6,9-10H2. The number of alkyl halides is 4. The zero-order valence-corrected chi connectivity index (χ0v) is 20.5. The van der Waals surface area contributed by atoms with Crippen molar-refractivity contribution >= 4 is 32.7 Å². The highest BCUT2D eigenvalue weighted by molar-refractivity contribution is 7.89. The van der Waals surface area contributed by atoms with Crippen LogP contribution in [0.5, 0.6) is 0 Å². The van der Waals surface area contributed by atoms with Gasteiger partial charge in [-0.15, -0.1) is 10.2 Å². The molecule has 0 bridgehead atoms. The van der Waals surface area contributed by atoms with E-state index in [2.05, 4.69) is 19.9 Å². The number of pyridine rings is 1. The number of hydrogen-bond donors (Lipinski definition) is 1. The smallest absolute Gasteiger partial charge is 0.291 e. The van der Waals surface area contributed by atoms with Gasteiger partial charge in [-0.3, -0.25) is 4.40 Å². The zero-order valence-electron chi connectivity index (χ0n) is 18.8. The van der Waals surface area contributed by atoms with Gasteiger partial charge in [0.2, 0.25) is 10.0 Å². The fourth-order valence-corrected chi connectivity index (χ4v) is 6.93. The largest absolute Gasteiger partial charge is 0.380 e. The van der Waals surface area contributed by atoms with Crippen molar-refractivity contribution in [2.75, 3.05) is 31.2 Å². The van der Waals surface area contributed by atoms with E-state index in [-0.39, 0.29) is 33.9 Å². The van der Waals surface area contributed by atoms with E-state index in [0.717, 1.165) is 12.8 Å². The number of piperidine rings is 1. The molecule has 3 aromatic heterocycles. The minimum atomic E-state index is -4.32. The number of rotatable bonds is 7. The van der Waals surface area contributed by atoms with Crippen molar-refractivity contribution in [1.29, 1.82) is 0 Å². The first-order chi connectivity index (χ1) is 17.1. The second-order valence-electron chi connectivity index (χ2n) is 9.69. The van der Waals surface area contributed by atoms with Crippen LogP contribution in [0.4, 0.5) is 23.4 Å². The number of hydrogen-bond acceptors (Lipinski definition) is 8. The fourth-order valence-electron chi connectivity index (χ4n) is 4.75. The minimum absolute atomic E-state index is 0.0500. The number of nitrogens with zero attached hydrogens (tertiary/aromatic N) is 5. The van der Waals surface area contributed by atoms with E-state index < -0.39 is 33.4 Å². The number of halogens is 4. The van der Waals surface area contributed by atoms with Crippen LogP contribution in [0, 0.1) is 5.41 Å². The van der Waals surface area contributed by atoms with Gasteiger partial charge in [0.15, 0.2) is 10.0 Å². The summed E-state index contributed by atoms with van der Waals surface area (Å²) in [5, 5.41) is 6.95. The third-order valence-electron chi connectivity index (χ3n) is 7.25. The molecule has 3 aliphatic rings. The van der Waals surface area contributed by atoms with E-state index in [1.54, 1.807) is 4.40 Å². The van der Waals surface area contributed by atoms with E-state index >= 15 is 0 Å². The van der Waals surface area contributed by atoms with E-state index in [9.17, 15) is 26.0 Å². The number of aromatic nitrogens is 4. The Morgan fingerprint density at radius 3 is 2.33 bits per heavy atom. The molecular formula is C21H22F4N6O3S2. The Morgan fingerprint density at radius 2 is 1.78 bits per heavy atom. The van der Waals surface area contributed by atoms with E-state index in [1.165, 1.54) is 18.5 Å². The second-order valence-corrected chi connectivity index (χ2v) is 12.4. The molecule has 1 aliphatic carbocycles. The molecule has 1 N–H and O–H groups in total. The van der Waals surface area contributed by atoms with Gasteiger partial charge in [0.05, 0.1) is 29.2 Å². The van der Waals surface area contributed by atoms with Crippen LogP contribution in [0.25, 0.3) is 16.2 Å². The topological polar surface area (TPSA) is 102 Å². The minimum Gasteiger partial charge on any atom is -0.380 e. The monoisotopic (exact) mass is 546 g/mol. The Balaban J connectivity index is 1.44. The summed E-state index contributed by atoms with van der Waals surface area (Å²) in [6, 6.07) is 2.76. The molecular weight excluding hydrogens is 524 g/mol. The predicted octanol–water partition coefficient (Wildman–Crippen LogP) is 3.48. The van der Waals surface area contributed by atoms with Gasteiger partial charge >= 0.3 is 0 Å². The van der Waals surface area contributed by atoms with Gasteiger partial charge in [-0.2, -0.15) is 4.72 Å². The Kier molecular flexibility index (Phi) is 5.55. The predicted molar refractivity (Wildman–Crippen MR) is 122 cm³/mol. The molecule has 2 aliphatic heterocycles. The number of nitrogens with one attached hydrogen (secondary N) is 1. The molecule has 0 atom stereocenters. The summed E-state index contributed by atoms with van der Waals surface area (Å²) in [6.45, 7) is 2.67. The number of sulfonamides is 1. The van der Waals surface area contributed by atoms with Gasteiger partial charge in [0.25, 0.3) is 12.9 Å². The van der Waals surface area contributed by atoms with Crippen molar-refractivity contribution < 1.29 is 30.7 Å². The molecule has 194 valence electrons. The van der Waals surface area contributed by atoms with Gasteiger partial charge < -0.3 is 9.64 Å². The van der Waals surface area contributed by atoms with Gasteiger partial charge in [-0.1, -0.05) is 11.3 Å². The summed E-state index contributed by atoms with van der Waals surface area (Å²) in [6.07, 6.45) is -2.35. The van der Waals surface area contributed by atoms with Gasteiger partial charge in [-0.05, 0) is 37.8 Å². The van der Waals surface area contributed by atoms with E-state index in [1.807, 2.05) is 4.90 Å². The zero-order chi connectivity index (χ0) is 25.3. The maximum Gasteiger partial charge on any atom is 0.291 e. The maximum atomic E-state index is 13.5. The molecule has 9 nitrogen and oxygen atoms in total. The first-order valence-corrected chi connectivity index (χ1v) is 13.7. The number of fused-ring (bicyclic) bond motifs is 1. The van der Waals surface area contributed by atoms with E-state index in [0.29, 0.717) is 49.0 Å². The van der Waals surface area contributed by atoms with Crippen molar-refractivity contribution in [3.05, 3.63) is 23.5 Å². The molecule has 6 rings (SSSR count). The van der Waals surface area contributed by atoms with Crippen LogP contribution in [0.1, 0.15) is 37.1 Å². The summed E-state index contributed by atoms with van der Waals surface area (Å²) in [4.78, 5) is 6.15. The summed E-state index contributed by atoms with van der Waals surface area (Å²) >= 11 is 0.663. The quantitative estimate of drug-likeness (QED) is 0.453. The van der Waals surface area contributed by atoms with Crippen molar-refractivity contribution in [3.63, 3.8) is 0 Å². The molecule has 1 saturated carbocycles. The average molecular weight is 547 g/mol. The average Bonchev–Trinajstić information content (AvgIpc) is 3.24. The van der Waals surface area contributed by atoms with Crippen LogP contribution < -0.4 is 9.62 Å². The summed E-state index contributed by atoms with van der Waals surface area (Å²) in [7, 11) is -4.32. The molecule has 36 heavy (non-hydrogen) atoms. The van der Waals surface area contributed by atoms with Crippen LogP contribution in [-0.4, -0.2) is 66.3 Å². The molecule has 0 unspecified atom stereocenters. The number of ether oxygens (including phenoxy) is 1. The van der Waals surface area contributed by atoms with Crippen molar-refractivity contribution in [2.45, 2.75) is 49.0 Å². The summed E-state index contributed by atoms with van der Waals surface area (Å²) in [5.41, 5.74) is -1.14. The molecule has 5 heterocycles. The lowest BCUT2D eigenvalue weighted by Crippen LogP contribution is -2.51. The molecule has 0 amide bonds. The van der Waals surface area contributed by atoms with E-state index in [4.69, 9.17) is 4.74 Å². The lowest BCUT2D eigenvalue weighted by Gasteiger charge is -2.47. The normalized spacial score (nSPS) is 21.0. The molecule has 0 radical (unpaired) electrons. The highest BCUT2D eigenvalue weighted by Gasteiger charge is 2.54. The van der Waals surface area contributed by atoms with Crippen LogP contribution in [-0.2, 0) is 14.8 Å². The Morgan fingerprint density at radius 1 is 1.06 bits per heavy atom. The number of anilines is 1. The van der Waals surface area contributed by atoms with Crippen molar-refractivity contribution in [3.8, 4) is 10.7 Å². The van der Waals surface area contributed by atoms with Crippen LogP contribution >= 0.6 is 11.3 Å². The molecule has 1 spiro atoms. The first kappa shape index (κ1) is 24.0. The Bertz CT molecular complexity index is 1410. The third-order valence-corrected chi connectivity index (χ3v) is 9.72. The lowest BCUT2D eigenvalue weighted by molar-refractivity contribution is -0.124. The van der Waals surface area contributed by atoms with Crippen molar-refractivity contribution in [2.24, 2.45) is 5.41 Å².